The van der Waals surface area contributed by atoms with Gasteiger partial charge in [0.1, 0.15) is 0 Å². The maximum Gasteiger partial charge on any atom is 0.216 e. The van der Waals surface area contributed by atoms with E-state index in [1.807, 2.05) is 6.92 Å². The highest BCUT2D eigenvalue weighted by Crippen LogP contribution is 1.98. The largest absolute Gasteiger partial charge is 0.383 e. The molecule has 0 aliphatic rings. The van der Waals surface area contributed by atoms with Crippen LogP contribution in [0.25, 0.3) is 0 Å². The Morgan fingerprint density at radius 3 is 2.43 bits per heavy atom. The van der Waals surface area contributed by atoms with Gasteiger partial charge in [0.25, 0.3) is 0 Å². The van der Waals surface area contributed by atoms with E-state index in [1.165, 1.54) is 7.11 Å². The first-order chi connectivity index (χ1) is 6.40. The minimum Gasteiger partial charge on any atom is -0.383 e. The van der Waals surface area contributed by atoms with Crippen molar-refractivity contribution < 1.29 is 13.2 Å². The van der Waals surface area contributed by atoms with Crippen molar-refractivity contribution in [2.75, 3.05) is 20.3 Å². The number of nitrogens with one attached hydrogen (secondary N) is 1. The standard InChI is InChI=1S/C8H20N2O3S/c1-7(9)4-5-10-14(11,12)8(2)6-13-3/h7-8,10H,4-6,9H2,1-3H3. The van der Waals surface area contributed by atoms with E-state index < -0.39 is 15.3 Å². The van der Waals surface area contributed by atoms with Crippen molar-refractivity contribution in [3.8, 4) is 0 Å². The lowest BCUT2D eigenvalue weighted by Crippen LogP contribution is -2.37. The summed E-state index contributed by atoms with van der Waals surface area (Å²) in [6, 6.07) is 0.00966. The summed E-state index contributed by atoms with van der Waals surface area (Å²) in [5, 5.41) is -0.527. The molecule has 5 nitrogen and oxygen atoms in total. The summed E-state index contributed by atoms with van der Waals surface area (Å²) in [7, 11) is -1.77. The molecule has 0 spiro atoms. The van der Waals surface area contributed by atoms with Crippen LogP contribution in [0.1, 0.15) is 20.3 Å². The highest BCUT2D eigenvalue weighted by molar-refractivity contribution is 7.90. The first-order valence-corrected chi connectivity index (χ1v) is 6.17. The van der Waals surface area contributed by atoms with E-state index in [4.69, 9.17) is 10.5 Å². The van der Waals surface area contributed by atoms with Crippen LogP contribution in [-0.4, -0.2) is 40.0 Å². The van der Waals surface area contributed by atoms with Gasteiger partial charge in [0, 0.05) is 19.7 Å². The molecule has 0 aromatic heterocycles. The zero-order chi connectivity index (χ0) is 11.2. The van der Waals surface area contributed by atoms with E-state index in [1.54, 1.807) is 6.92 Å². The van der Waals surface area contributed by atoms with Gasteiger partial charge in [-0.15, -0.1) is 0 Å². The fourth-order valence-electron chi connectivity index (χ4n) is 0.895. The van der Waals surface area contributed by atoms with Crippen molar-refractivity contribution in [1.82, 2.24) is 4.72 Å². The minimum atomic E-state index is -3.25. The number of methoxy groups -OCH3 is 1. The van der Waals surface area contributed by atoms with Gasteiger partial charge in [0.2, 0.25) is 10.0 Å². The second-order valence-electron chi connectivity index (χ2n) is 3.47. The van der Waals surface area contributed by atoms with Crippen LogP contribution < -0.4 is 10.5 Å². The zero-order valence-corrected chi connectivity index (χ0v) is 9.80. The summed E-state index contributed by atoms with van der Waals surface area (Å²) < 4.78 is 30.2. The normalized spacial score (nSPS) is 16.6. The van der Waals surface area contributed by atoms with Gasteiger partial charge in [-0.1, -0.05) is 0 Å². The van der Waals surface area contributed by atoms with Gasteiger partial charge in [0.05, 0.1) is 11.9 Å². The summed E-state index contributed by atoms with van der Waals surface area (Å²) in [5.41, 5.74) is 5.50. The predicted octanol–water partition coefficient (Wildman–Crippen LogP) is -0.322. The fourth-order valence-corrected chi connectivity index (χ4v) is 1.90. The van der Waals surface area contributed by atoms with E-state index in [0.717, 1.165) is 0 Å². The lowest BCUT2D eigenvalue weighted by atomic mass is 10.3. The van der Waals surface area contributed by atoms with Crippen molar-refractivity contribution in [2.24, 2.45) is 5.73 Å². The molecule has 0 radical (unpaired) electrons. The first-order valence-electron chi connectivity index (χ1n) is 4.63. The zero-order valence-electron chi connectivity index (χ0n) is 8.99. The maximum atomic E-state index is 11.5. The Hall–Kier alpha value is -0.170. The molecule has 0 saturated carbocycles. The smallest absolute Gasteiger partial charge is 0.216 e. The van der Waals surface area contributed by atoms with Crippen LogP contribution in [0.2, 0.25) is 0 Å². The van der Waals surface area contributed by atoms with Crippen LogP contribution in [0.4, 0.5) is 0 Å². The number of nitrogens with two attached hydrogens (primary N) is 1. The van der Waals surface area contributed by atoms with E-state index in [0.29, 0.717) is 13.0 Å². The number of hydrogen-bond donors (Lipinski definition) is 2. The molecular weight excluding hydrogens is 204 g/mol. The molecule has 2 atom stereocenters. The fraction of sp³-hybridized carbons (Fsp3) is 1.00. The van der Waals surface area contributed by atoms with Gasteiger partial charge in [-0.25, -0.2) is 13.1 Å². The van der Waals surface area contributed by atoms with Crippen LogP contribution in [0.3, 0.4) is 0 Å². The Kier molecular flexibility index (Phi) is 6.26. The van der Waals surface area contributed by atoms with Crippen molar-refractivity contribution in [1.29, 1.82) is 0 Å². The summed E-state index contributed by atoms with van der Waals surface area (Å²) in [6.07, 6.45) is 0.638. The number of sulfonamides is 1. The molecule has 2 unspecified atom stereocenters. The topological polar surface area (TPSA) is 81.4 Å². The third kappa shape index (κ3) is 5.54. The van der Waals surface area contributed by atoms with Crippen molar-refractivity contribution in [2.45, 2.75) is 31.6 Å². The third-order valence-corrected chi connectivity index (χ3v) is 3.64. The molecule has 0 rings (SSSR count). The number of hydrogen-bond acceptors (Lipinski definition) is 4. The summed E-state index contributed by atoms with van der Waals surface area (Å²) in [5.74, 6) is 0. The van der Waals surface area contributed by atoms with E-state index in [-0.39, 0.29) is 12.6 Å². The van der Waals surface area contributed by atoms with Gasteiger partial charge in [-0.2, -0.15) is 0 Å². The quantitative estimate of drug-likeness (QED) is 0.621. The molecule has 0 aliphatic carbocycles. The van der Waals surface area contributed by atoms with E-state index >= 15 is 0 Å². The molecule has 0 fully saturated rings. The SMILES string of the molecule is COCC(C)S(=O)(=O)NCCC(C)N. The van der Waals surface area contributed by atoms with Crippen LogP contribution in [0.5, 0.6) is 0 Å². The second-order valence-corrected chi connectivity index (χ2v) is 5.65. The third-order valence-electron chi connectivity index (χ3n) is 1.83. The Labute approximate surface area is 86.1 Å². The second kappa shape index (κ2) is 6.34. The van der Waals surface area contributed by atoms with Gasteiger partial charge in [-0.05, 0) is 20.3 Å². The molecule has 0 aromatic carbocycles. The Balaban J connectivity index is 3.95. The van der Waals surface area contributed by atoms with Gasteiger partial charge in [-0.3, -0.25) is 0 Å². The van der Waals surface area contributed by atoms with E-state index in [9.17, 15) is 8.42 Å². The van der Waals surface area contributed by atoms with E-state index in [2.05, 4.69) is 4.72 Å². The molecule has 3 N–H and O–H groups in total. The Morgan fingerprint density at radius 1 is 1.43 bits per heavy atom. The number of ether oxygens (including phenoxy) is 1. The highest BCUT2D eigenvalue weighted by atomic mass is 32.2. The van der Waals surface area contributed by atoms with Crippen LogP contribution in [0, 0.1) is 0 Å². The Bertz CT molecular complexity index is 239. The maximum absolute atomic E-state index is 11.5. The lowest BCUT2D eigenvalue weighted by Gasteiger charge is -2.13. The van der Waals surface area contributed by atoms with Crippen molar-refractivity contribution in [3.05, 3.63) is 0 Å². The molecule has 0 bridgehead atoms. The van der Waals surface area contributed by atoms with Crippen molar-refractivity contribution in [3.63, 3.8) is 0 Å². The number of rotatable bonds is 7. The summed E-state index contributed by atoms with van der Waals surface area (Å²) in [4.78, 5) is 0. The summed E-state index contributed by atoms with van der Waals surface area (Å²) in [6.45, 7) is 4.03. The Morgan fingerprint density at radius 2 is 2.00 bits per heavy atom. The van der Waals surface area contributed by atoms with Gasteiger partial charge >= 0.3 is 0 Å². The molecule has 0 saturated heterocycles. The monoisotopic (exact) mass is 224 g/mol. The van der Waals surface area contributed by atoms with Crippen LogP contribution >= 0.6 is 0 Å². The molecule has 6 heteroatoms. The van der Waals surface area contributed by atoms with Crippen molar-refractivity contribution >= 4 is 10.0 Å². The molecule has 0 aromatic rings. The first kappa shape index (κ1) is 13.8. The molecular formula is C8H20N2O3S. The molecule has 86 valence electrons. The minimum absolute atomic E-state index is 0.00966. The molecule has 14 heavy (non-hydrogen) atoms. The highest BCUT2D eigenvalue weighted by Gasteiger charge is 2.19. The molecule has 0 heterocycles. The van der Waals surface area contributed by atoms with Gasteiger partial charge < -0.3 is 10.5 Å². The average Bonchev–Trinajstić information content (AvgIpc) is 2.03. The van der Waals surface area contributed by atoms with Crippen LogP contribution in [-0.2, 0) is 14.8 Å². The predicted molar refractivity (Wildman–Crippen MR) is 56.5 cm³/mol. The molecule has 0 aliphatic heterocycles. The molecule has 0 amide bonds. The summed E-state index contributed by atoms with van der Waals surface area (Å²) >= 11 is 0. The van der Waals surface area contributed by atoms with Crippen LogP contribution in [0.15, 0.2) is 0 Å². The van der Waals surface area contributed by atoms with Gasteiger partial charge in [0.15, 0.2) is 0 Å². The average molecular weight is 224 g/mol. The lowest BCUT2D eigenvalue weighted by molar-refractivity contribution is 0.200.